The highest BCUT2D eigenvalue weighted by Gasteiger charge is 2.48. The molecular formula is C24H19N5O10. The van der Waals surface area contributed by atoms with Crippen LogP contribution in [0.2, 0.25) is 0 Å². The van der Waals surface area contributed by atoms with Crippen molar-refractivity contribution in [3.63, 3.8) is 0 Å². The Hall–Kier alpha value is -5.65. The van der Waals surface area contributed by atoms with Gasteiger partial charge in [0.1, 0.15) is 30.4 Å². The zero-order valence-corrected chi connectivity index (χ0v) is 20.4. The SMILES string of the molecule is COC(=O)C1=C(C(=O)OC)N(c2cc3c(c([N+](=O)[O-])c2[N+](=O)[O-])OCCO3)C(N)=C(C#N)C1c1ccccc1. The Kier molecular flexibility index (Phi) is 7.03. The van der Waals surface area contributed by atoms with Gasteiger partial charge in [0.25, 0.3) is 0 Å². The summed E-state index contributed by atoms with van der Waals surface area (Å²) in [4.78, 5) is 49.3. The third-order valence-electron chi connectivity index (χ3n) is 5.98. The van der Waals surface area contributed by atoms with Gasteiger partial charge in [-0.2, -0.15) is 5.26 Å². The molecule has 15 nitrogen and oxygen atoms in total. The normalized spacial score (nSPS) is 16.3. The smallest absolute Gasteiger partial charge is 0.393 e. The highest BCUT2D eigenvalue weighted by atomic mass is 16.6. The van der Waals surface area contributed by atoms with Gasteiger partial charge in [0.15, 0.2) is 5.75 Å². The maximum absolute atomic E-state index is 13.2. The number of esters is 2. The second-order valence-electron chi connectivity index (χ2n) is 7.97. The average Bonchev–Trinajstić information content (AvgIpc) is 2.94. The molecular weight excluding hydrogens is 518 g/mol. The molecule has 0 saturated carbocycles. The summed E-state index contributed by atoms with van der Waals surface area (Å²) in [6.07, 6.45) is 0. The van der Waals surface area contributed by atoms with Crippen LogP contribution in [-0.4, -0.2) is 49.2 Å². The van der Waals surface area contributed by atoms with Crippen molar-refractivity contribution < 1.29 is 38.4 Å². The molecule has 0 spiro atoms. The second kappa shape index (κ2) is 10.4. The van der Waals surface area contributed by atoms with E-state index < -0.39 is 67.6 Å². The second-order valence-corrected chi connectivity index (χ2v) is 7.97. The van der Waals surface area contributed by atoms with Crippen LogP contribution >= 0.6 is 0 Å². The number of nitrogens with zero attached hydrogens (tertiary/aromatic N) is 4. The minimum absolute atomic E-state index is 0.0423. The van der Waals surface area contributed by atoms with E-state index in [4.69, 9.17) is 24.7 Å². The van der Waals surface area contributed by atoms with Gasteiger partial charge in [-0.15, -0.1) is 0 Å². The summed E-state index contributed by atoms with van der Waals surface area (Å²) < 4.78 is 20.6. The van der Waals surface area contributed by atoms with Crippen molar-refractivity contribution in [2.45, 2.75) is 5.92 Å². The molecule has 15 heteroatoms. The van der Waals surface area contributed by atoms with Crippen molar-refractivity contribution in [2.75, 3.05) is 32.3 Å². The van der Waals surface area contributed by atoms with E-state index in [-0.39, 0.29) is 24.5 Å². The number of rotatable bonds is 6. The Labute approximate surface area is 219 Å². The molecule has 39 heavy (non-hydrogen) atoms. The number of nitro benzene ring substituents is 2. The monoisotopic (exact) mass is 537 g/mol. The third kappa shape index (κ3) is 4.29. The van der Waals surface area contributed by atoms with Crippen molar-refractivity contribution in [3.8, 4) is 17.6 Å². The topological polar surface area (TPSA) is 210 Å². The predicted molar refractivity (Wildman–Crippen MR) is 130 cm³/mol. The lowest BCUT2D eigenvalue weighted by Gasteiger charge is -2.35. The van der Waals surface area contributed by atoms with E-state index in [0.717, 1.165) is 20.3 Å². The lowest BCUT2D eigenvalue weighted by molar-refractivity contribution is -0.422. The number of allylic oxidation sites excluding steroid dienone is 1. The molecule has 2 aromatic carbocycles. The van der Waals surface area contributed by atoms with E-state index in [9.17, 15) is 35.1 Å². The zero-order valence-electron chi connectivity index (χ0n) is 20.4. The first kappa shape index (κ1) is 26.4. The van der Waals surface area contributed by atoms with E-state index in [1.54, 1.807) is 30.3 Å². The van der Waals surface area contributed by atoms with Gasteiger partial charge in [0, 0.05) is 6.07 Å². The minimum Gasteiger partial charge on any atom is -0.486 e. The third-order valence-corrected chi connectivity index (χ3v) is 5.98. The maximum Gasteiger partial charge on any atom is 0.393 e. The standard InChI is InChI=1S/C24H19N5O10/c1-36-23(30)17-16(12-6-4-3-5-7-12)13(11-25)22(26)27(19(17)24(31)37-2)14-10-15-21(39-9-8-38-15)20(29(34)35)18(14)28(32)33/h3-7,10,16H,8-9,26H2,1-2H3. The van der Waals surface area contributed by atoms with Crippen LogP contribution in [0.25, 0.3) is 0 Å². The first-order valence-electron chi connectivity index (χ1n) is 11.1. The van der Waals surface area contributed by atoms with Gasteiger partial charge in [-0.25, -0.2) is 9.59 Å². The van der Waals surface area contributed by atoms with Gasteiger partial charge in [0.2, 0.25) is 5.75 Å². The number of carbonyl (C=O) groups excluding carboxylic acids is 2. The highest BCUT2D eigenvalue weighted by Crippen LogP contribution is 2.53. The Morgan fingerprint density at radius 3 is 2.23 bits per heavy atom. The summed E-state index contributed by atoms with van der Waals surface area (Å²) >= 11 is 0. The summed E-state index contributed by atoms with van der Waals surface area (Å²) in [5.74, 6) is -4.80. The summed E-state index contributed by atoms with van der Waals surface area (Å²) in [6, 6.07) is 11.0. The van der Waals surface area contributed by atoms with Crippen LogP contribution in [-0.2, 0) is 19.1 Å². The molecule has 0 aromatic heterocycles. The molecule has 1 unspecified atom stereocenters. The Balaban J connectivity index is 2.19. The van der Waals surface area contributed by atoms with E-state index in [1.165, 1.54) is 0 Å². The lowest BCUT2D eigenvalue weighted by Crippen LogP contribution is -2.41. The molecule has 4 rings (SSSR count). The number of nitro groups is 2. The number of fused-ring (bicyclic) bond motifs is 1. The number of carbonyl (C=O) groups is 2. The quantitative estimate of drug-likeness (QED) is 0.318. The average molecular weight is 537 g/mol. The zero-order chi connectivity index (χ0) is 28.4. The molecule has 0 amide bonds. The van der Waals surface area contributed by atoms with Crippen molar-refractivity contribution in [3.05, 3.63) is 84.9 Å². The van der Waals surface area contributed by atoms with E-state index in [2.05, 4.69) is 0 Å². The first-order chi connectivity index (χ1) is 18.7. The molecule has 0 fully saturated rings. The number of nitriles is 1. The van der Waals surface area contributed by atoms with E-state index >= 15 is 0 Å². The number of methoxy groups -OCH3 is 2. The summed E-state index contributed by atoms with van der Waals surface area (Å²) in [7, 11) is 2.02. The first-order valence-corrected chi connectivity index (χ1v) is 11.1. The molecule has 2 aliphatic heterocycles. The predicted octanol–water partition coefficient (Wildman–Crippen LogP) is 2.17. The van der Waals surface area contributed by atoms with Crippen molar-refractivity contribution >= 4 is 29.0 Å². The van der Waals surface area contributed by atoms with Crippen LogP contribution in [0.15, 0.2) is 59.1 Å². The summed E-state index contributed by atoms with van der Waals surface area (Å²) in [6.45, 7) is -0.160. The van der Waals surface area contributed by atoms with Crippen LogP contribution in [0, 0.1) is 31.6 Å². The molecule has 2 aliphatic rings. The summed E-state index contributed by atoms with van der Waals surface area (Å²) in [5.41, 5.74) is 2.51. The number of hydrogen-bond donors (Lipinski definition) is 1. The molecule has 0 aliphatic carbocycles. The van der Waals surface area contributed by atoms with Crippen molar-refractivity contribution in [1.82, 2.24) is 0 Å². The molecule has 1 atom stereocenters. The number of anilines is 1. The lowest BCUT2D eigenvalue weighted by atomic mass is 9.81. The van der Waals surface area contributed by atoms with Gasteiger partial charge >= 0.3 is 23.3 Å². The molecule has 0 bridgehead atoms. The molecule has 0 saturated heterocycles. The highest BCUT2D eigenvalue weighted by molar-refractivity contribution is 6.07. The Bertz CT molecular complexity index is 1510. The molecule has 200 valence electrons. The molecule has 2 N–H and O–H groups in total. The van der Waals surface area contributed by atoms with Crippen LogP contribution in [0.5, 0.6) is 11.5 Å². The van der Waals surface area contributed by atoms with Crippen LogP contribution in [0.3, 0.4) is 0 Å². The summed E-state index contributed by atoms with van der Waals surface area (Å²) in [5, 5.41) is 34.4. The fraction of sp³-hybridized carbons (Fsp3) is 0.208. The Morgan fingerprint density at radius 2 is 1.67 bits per heavy atom. The van der Waals surface area contributed by atoms with E-state index in [1.807, 2.05) is 6.07 Å². The van der Waals surface area contributed by atoms with Gasteiger partial charge in [-0.3, -0.25) is 25.1 Å². The van der Waals surface area contributed by atoms with Crippen LogP contribution in [0.1, 0.15) is 11.5 Å². The molecule has 2 aromatic rings. The Morgan fingerprint density at radius 1 is 1.05 bits per heavy atom. The van der Waals surface area contributed by atoms with Gasteiger partial charge in [0.05, 0.1) is 47.2 Å². The fourth-order valence-electron chi connectivity index (χ4n) is 4.43. The van der Waals surface area contributed by atoms with Gasteiger partial charge in [-0.05, 0) is 5.56 Å². The molecule has 2 heterocycles. The van der Waals surface area contributed by atoms with E-state index in [0.29, 0.717) is 10.5 Å². The fourth-order valence-corrected chi connectivity index (χ4v) is 4.43. The minimum atomic E-state index is -1.25. The number of benzene rings is 2. The van der Waals surface area contributed by atoms with Crippen LogP contribution < -0.4 is 20.1 Å². The van der Waals surface area contributed by atoms with Crippen molar-refractivity contribution in [2.24, 2.45) is 5.73 Å². The van der Waals surface area contributed by atoms with Gasteiger partial charge in [-0.1, -0.05) is 30.3 Å². The number of ether oxygens (including phenoxy) is 4. The molecule has 0 radical (unpaired) electrons. The van der Waals surface area contributed by atoms with Gasteiger partial charge < -0.3 is 24.7 Å². The number of nitrogens with two attached hydrogens (primary N) is 1. The maximum atomic E-state index is 13.2. The largest absolute Gasteiger partial charge is 0.486 e. The van der Waals surface area contributed by atoms with Crippen molar-refractivity contribution in [1.29, 1.82) is 5.26 Å². The number of hydrogen-bond acceptors (Lipinski definition) is 13. The van der Waals surface area contributed by atoms with Crippen LogP contribution in [0.4, 0.5) is 17.1 Å².